The molecule has 1 aliphatic rings. The van der Waals surface area contributed by atoms with Crippen LogP contribution in [0.3, 0.4) is 0 Å². The van der Waals surface area contributed by atoms with Gasteiger partial charge in [-0.25, -0.2) is 4.79 Å². The predicted octanol–water partition coefficient (Wildman–Crippen LogP) is 0.544. The van der Waals surface area contributed by atoms with Crippen LogP contribution in [-0.4, -0.2) is 27.3 Å². The van der Waals surface area contributed by atoms with Crippen LogP contribution in [0.5, 0.6) is 0 Å². The molecule has 0 aliphatic heterocycles. The summed E-state index contributed by atoms with van der Waals surface area (Å²) in [6, 6.07) is 0. The van der Waals surface area contributed by atoms with Gasteiger partial charge in [-0.15, -0.1) is 0 Å². The number of aliphatic carboxylic acids is 2. The van der Waals surface area contributed by atoms with Gasteiger partial charge in [0, 0.05) is 6.42 Å². The Morgan fingerprint density at radius 3 is 2.46 bits per heavy atom. The van der Waals surface area contributed by atoms with Crippen molar-refractivity contribution in [3.05, 3.63) is 23.5 Å². The van der Waals surface area contributed by atoms with Gasteiger partial charge in [-0.3, -0.25) is 4.79 Å². The predicted molar refractivity (Wildman–Crippen MR) is 42.2 cm³/mol. The van der Waals surface area contributed by atoms with Crippen molar-refractivity contribution in [3.63, 3.8) is 0 Å². The highest BCUT2D eigenvalue weighted by Crippen LogP contribution is 2.21. The molecule has 0 fully saturated rings. The molecule has 0 heterocycles. The standard InChI is InChI=1S/C8H8O5/c9-6-2-4(7(10)11)1-5(3-6)8(12)13/h1-2,5,9H,3H2,(H,10,11)(H,12,13). The molecule has 0 saturated heterocycles. The number of rotatable bonds is 2. The topological polar surface area (TPSA) is 94.8 Å². The number of carboxylic acid groups (broad SMARTS) is 2. The van der Waals surface area contributed by atoms with Crippen LogP contribution in [0.4, 0.5) is 0 Å². The van der Waals surface area contributed by atoms with Crippen molar-refractivity contribution in [2.45, 2.75) is 6.42 Å². The molecule has 1 atom stereocenters. The number of allylic oxidation sites excluding steroid dienone is 1. The number of hydrogen-bond donors (Lipinski definition) is 3. The van der Waals surface area contributed by atoms with Gasteiger partial charge in [-0.2, -0.15) is 0 Å². The first-order valence-electron chi connectivity index (χ1n) is 3.58. The Balaban J connectivity index is 2.94. The molecule has 0 aromatic carbocycles. The average Bonchev–Trinajstić information content (AvgIpc) is 2.03. The van der Waals surface area contributed by atoms with Crippen LogP contribution < -0.4 is 0 Å². The Morgan fingerprint density at radius 1 is 1.38 bits per heavy atom. The summed E-state index contributed by atoms with van der Waals surface area (Å²) in [5, 5.41) is 26.2. The summed E-state index contributed by atoms with van der Waals surface area (Å²) >= 11 is 0. The molecule has 0 bridgehead atoms. The molecule has 70 valence electrons. The van der Waals surface area contributed by atoms with Crippen molar-refractivity contribution in [2.24, 2.45) is 5.92 Å². The average molecular weight is 184 g/mol. The molecule has 5 nitrogen and oxygen atoms in total. The zero-order valence-corrected chi connectivity index (χ0v) is 6.60. The molecule has 13 heavy (non-hydrogen) atoms. The Bertz CT molecular complexity index is 312. The third-order valence-electron chi connectivity index (χ3n) is 1.70. The highest BCUT2D eigenvalue weighted by Gasteiger charge is 2.23. The lowest BCUT2D eigenvalue weighted by Crippen LogP contribution is -2.17. The molecular formula is C8H8O5. The lowest BCUT2D eigenvalue weighted by Gasteiger charge is -2.12. The van der Waals surface area contributed by atoms with Gasteiger partial charge in [0.15, 0.2) is 0 Å². The Labute approximate surface area is 73.6 Å². The zero-order valence-electron chi connectivity index (χ0n) is 6.60. The van der Waals surface area contributed by atoms with Crippen molar-refractivity contribution in [2.75, 3.05) is 0 Å². The SMILES string of the molecule is O=C(O)C1=CC(C(=O)O)CC(O)=C1. The van der Waals surface area contributed by atoms with E-state index in [1.807, 2.05) is 0 Å². The fraction of sp³-hybridized carbons (Fsp3) is 0.250. The summed E-state index contributed by atoms with van der Waals surface area (Å²) in [6.07, 6.45) is 2.12. The van der Waals surface area contributed by atoms with Crippen LogP contribution >= 0.6 is 0 Å². The van der Waals surface area contributed by atoms with E-state index in [9.17, 15) is 9.59 Å². The molecule has 3 N–H and O–H groups in total. The number of hydrogen-bond acceptors (Lipinski definition) is 3. The summed E-state index contributed by atoms with van der Waals surface area (Å²) in [7, 11) is 0. The zero-order chi connectivity index (χ0) is 10.0. The van der Waals surface area contributed by atoms with Crippen molar-refractivity contribution < 1.29 is 24.9 Å². The van der Waals surface area contributed by atoms with Gasteiger partial charge in [0.05, 0.1) is 17.3 Å². The number of carbonyl (C=O) groups is 2. The number of carboxylic acids is 2. The molecule has 5 heteroatoms. The van der Waals surface area contributed by atoms with Crippen molar-refractivity contribution in [3.8, 4) is 0 Å². The van der Waals surface area contributed by atoms with E-state index in [2.05, 4.69) is 0 Å². The molecule has 0 saturated carbocycles. The minimum absolute atomic E-state index is 0.0495. The van der Waals surface area contributed by atoms with Crippen LogP contribution in [0.25, 0.3) is 0 Å². The maximum absolute atomic E-state index is 10.5. The van der Waals surface area contributed by atoms with E-state index in [4.69, 9.17) is 15.3 Å². The van der Waals surface area contributed by atoms with Gasteiger partial charge in [0.1, 0.15) is 0 Å². The van der Waals surface area contributed by atoms with Gasteiger partial charge in [-0.05, 0) is 6.08 Å². The minimum Gasteiger partial charge on any atom is -0.512 e. The van der Waals surface area contributed by atoms with Crippen LogP contribution in [0.2, 0.25) is 0 Å². The smallest absolute Gasteiger partial charge is 0.335 e. The van der Waals surface area contributed by atoms with Crippen molar-refractivity contribution >= 4 is 11.9 Å². The Kier molecular flexibility index (Phi) is 2.36. The van der Waals surface area contributed by atoms with E-state index >= 15 is 0 Å². The summed E-state index contributed by atoms with van der Waals surface area (Å²) in [6.45, 7) is 0. The molecule has 1 aliphatic carbocycles. The van der Waals surface area contributed by atoms with E-state index in [1.54, 1.807) is 0 Å². The molecule has 0 spiro atoms. The van der Waals surface area contributed by atoms with Crippen LogP contribution in [0.15, 0.2) is 23.5 Å². The third kappa shape index (κ3) is 2.08. The molecule has 1 rings (SSSR count). The first-order chi connectivity index (χ1) is 6.00. The first kappa shape index (κ1) is 9.31. The number of aliphatic hydroxyl groups excluding tert-OH is 1. The largest absolute Gasteiger partial charge is 0.512 e. The van der Waals surface area contributed by atoms with Crippen molar-refractivity contribution in [1.82, 2.24) is 0 Å². The summed E-state index contributed by atoms with van der Waals surface area (Å²) in [5.41, 5.74) is -0.184. The summed E-state index contributed by atoms with van der Waals surface area (Å²) in [4.78, 5) is 20.9. The second-order valence-electron chi connectivity index (χ2n) is 2.71. The fourth-order valence-electron chi connectivity index (χ4n) is 1.08. The summed E-state index contributed by atoms with van der Waals surface area (Å²) < 4.78 is 0. The Hall–Kier alpha value is -1.78. The van der Waals surface area contributed by atoms with Gasteiger partial charge >= 0.3 is 11.9 Å². The van der Waals surface area contributed by atoms with Gasteiger partial charge < -0.3 is 15.3 Å². The molecule has 0 radical (unpaired) electrons. The van der Waals surface area contributed by atoms with Gasteiger partial charge in [-0.1, -0.05) is 6.08 Å². The monoisotopic (exact) mass is 184 g/mol. The molecule has 1 unspecified atom stereocenters. The molecule has 0 aromatic rings. The van der Waals surface area contributed by atoms with Gasteiger partial charge in [0.2, 0.25) is 0 Å². The van der Waals surface area contributed by atoms with Crippen LogP contribution in [0.1, 0.15) is 6.42 Å². The van der Waals surface area contributed by atoms with Crippen LogP contribution in [-0.2, 0) is 9.59 Å². The number of aliphatic hydroxyl groups is 1. The maximum Gasteiger partial charge on any atom is 0.335 e. The van der Waals surface area contributed by atoms with E-state index in [0.717, 1.165) is 12.2 Å². The molecular weight excluding hydrogens is 176 g/mol. The Morgan fingerprint density at radius 2 is 2.00 bits per heavy atom. The quantitative estimate of drug-likeness (QED) is 0.582. The fourth-order valence-corrected chi connectivity index (χ4v) is 1.08. The van der Waals surface area contributed by atoms with E-state index in [0.29, 0.717) is 0 Å². The lowest BCUT2D eigenvalue weighted by atomic mass is 9.95. The normalized spacial score (nSPS) is 21.7. The second-order valence-corrected chi connectivity index (χ2v) is 2.71. The van der Waals surface area contributed by atoms with Crippen LogP contribution in [0, 0.1) is 5.92 Å². The second kappa shape index (κ2) is 3.30. The summed E-state index contributed by atoms with van der Waals surface area (Å²) in [5.74, 6) is -3.54. The minimum atomic E-state index is -1.24. The first-order valence-corrected chi connectivity index (χ1v) is 3.58. The third-order valence-corrected chi connectivity index (χ3v) is 1.70. The van der Waals surface area contributed by atoms with E-state index in [-0.39, 0.29) is 17.8 Å². The maximum atomic E-state index is 10.5. The van der Waals surface area contributed by atoms with E-state index in [1.165, 1.54) is 0 Å². The van der Waals surface area contributed by atoms with Crippen molar-refractivity contribution in [1.29, 1.82) is 0 Å². The molecule has 0 amide bonds. The lowest BCUT2D eigenvalue weighted by molar-refractivity contribution is -0.140. The highest BCUT2D eigenvalue weighted by atomic mass is 16.4. The van der Waals surface area contributed by atoms with Gasteiger partial charge in [0.25, 0.3) is 0 Å². The van der Waals surface area contributed by atoms with E-state index < -0.39 is 17.9 Å². The highest BCUT2D eigenvalue weighted by molar-refractivity contribution is 5.91. The molecule has 0 aromatic heterocycles.